The lowest BCUT2D eigenvalue weighted by Crippen LogP contribution is -3.09. The van der Waals surface area contributed by atoms with Gasteiger partial charge in [0.1, 0.15) is 17.9 Å². The van der Waals surface area contributed by atoms with Crippen LogP contribution in [-0.2, 0) is 11.3 Å². The van der Waals surface area contributed by atoms with E-state index in [1.807, 2.05) is 13.8 Å². The highest BCUT2D eigenvalue weighted by Gasteiger charge is 2.30. The molecule has 6 heteroatoms. The number of hydrogen-bond acceptors (Lipinski definition) is 2. The zero-order valence-electron chi connectivity index (χ0n) is 13.3. The number of nitriles is 1. The molecule has 4 nitrogen and oxygen atoms in total. The Labute approximate surface area is 135 Å². The van der Waals surface area contributed by atoms with Crippen molar-refractivity contribution in [2.45, 2.75) is 32.9 Å². The first-order valence-corrected chi connectivity index (χ1v) is 7.54. The summed E-state index contributed by atoms with van der Waals surface area (Å²) < 4.78 is 13.7. The van der Waals surface area contributed by atoms with Crippen molar-refractivity contribution < 1.29 is 14.1 Å². The highest BCUT2D eigenvalue weighted by Crippen LogP contribution is 2.17. The Hall–Kier alpha value is -1.64. The zero-order valence-corrected chi connectivity index (χ0v) is 14.1. The van der Waals surface area contributed by atoms with E-state index in [0.29, 0.717) is 17.1 Å². The van der Waals surface area contributed by atoms with Gasteiger partial charge in [-0.1, -0.05) is 31.5 Å². The Balaban J connectivity index is 2.68. The lowest BCUT2D eigenvalue weighted by molar-refractivity contribution is -0.885. The van der Waals surface area contributed by atoms with Gasteiger partial charge in [-0.3, -0.25) is 4.79 Å². The second-order valence-electron chi connectivity index (χ2n) is 6.03. The second-order valence-corrected chi connectivity index (χ2v) is 6.44. The lowest BCUT2D eigenvalue weighted by atomic mass is 9.90. The van der Waals surface area contributed by atoms with Gasteiger partial charge in [-0.15, -0.1) is 0 Å². The summed E-state index contributed by atoms with van der Waals surface area (Å²) in [5.74, 6) is -0.637. The van der Waals surface area contributed by atoms with E-state index < -0.39 is 5.54 Å². The predicted octanol–water partition coefficient (Wildman–Crippen LogP) is 1.55. The fourth-order valence-corrected chi connectivity index (χ4v) is 2.20. The van der Waals surface area contributed by atoms with E-state index in [-0.39, 0.29) is 24.2 Å². The summed E-state index contributed by atoms with van der Waals surface area (Å²) in [5, 5.41) is 12.3. The number of likely N-dealkylation sites (N-methyl/N-ethyl adjacent to an activating group) is 1. The maximum atomic E-state index is 13.7. The van der Waals surface area contributed by atoms with Crippen molar-refractivity contribution in [1.29, 1.82) is 5.26 Å². The van der Waals surface area contributed by atoms with E-state index in [4.69, 9.17) is 11.6 Å². The Morgan fingerprint density at radius 3 is 2.68 bits per heavy atom. The molecule has 0 saturated carbocycles. The number of nitrogens with one attached hydrogen (secondary N) is 2. The number of amides is 1. The average Bonchev–Trinajstić information content (AvgIpc) is 2.42. The number of quaternary nitrogens is 1. The number of nitrogens with zero attached hydrogens (tertiary/aromatic N) is 1. The van der Waals surface area contributed by atoms with Crippen molar-refractivity contribution >= 4 is 17.5 Å². The number of benzene rings is 1. The number of carbonyl (C=O) groups is 1. The van der Waals surface area contributed by atoms with Crippen LogP contribution in [0.5, 0.6) is 0 Å². The number of hydrogen-bond donors (Lipinski definition) is 2. The molecule has 0 aliphatic rings. The highest BCUT2D eigenvalue weighted by atomic mass is 35.5. The third kappa shape index (κ3) is 4.69. The van der Waals surface area contributed by atoms with Crippen molar-refractivity contribution in [3.8, 4) is 6.07 Å². The second kappa shape index (κ2) is 7.57. The van der Waals surface area contributed by atoms with Crippen LogP contribution in [0.3, 0.4) is 0 Å². The highest BCUT2D eigenvalue weighted by molar-refractivity contribution is 6.31. The molecule has 1 unspecified atom stereocenters. The lowest BCUT2D eigenvalue weighted by Gasteiger charge is -2.27. The molecule has 0 aliphatic carbocycles. The molecule has 1 aromatic carbocycles. The fourth-order valence-electron chi connectivity index (χ4n) is 1.97. The van der Waals surface area contributed by atoms with Crippen molar-refractivity contribution in [2.24, 2.45) is 5.92 Å². The monoisotopic (exact) mass is 326 g/mol. The molecular weight excluding hydrogens is 305 g/mol. The van der Waals surface area contributed by atoms with Crippen LogP contribution in [0.4, 0.5) is 4.39 Å². The molecule has 1 rings (SSSR count). The van der Waals surface area contributed by atoms with Crippen LogP contribution in [0.1, 0.15) is 26.3 Å². The van der Waals surface area contributed by atoms with Gasteiger partial charge in [0.05, 0.1) is 23.7 Å². The molecule has 0 radical (unpaired) electrons. The maximum Gasteiger partial charge on any atom is 0.276 e. The summed E-state index contributed by atoms with van der Waals surface area (Å²) in [5.41, 5.74) is -0.520. The van der Waals surface area contributed by atoms with Gasteiger partial charge in [0, 0.05) is 0 Å². The molecule has 0 fully saturated rings. The molecule has 0 heterocycles. The van der Waals surface area contributed by atoms with Crippen LogP contribution in [0.2, 0.25) is 5.02 Å². The number of carbonyl (C=O) groups excluding carboxylic acids is 1. The topological polar surface area (TPSA) is 57.3 Å². The average molecular weight is 327 g/mol. The first kappa shape index (κ1) is 18.4. The van der Waals surface area contributed by atoms with E-state index in [2.05, 4.69) is 11.4 Å². The molecule has 2 N–H and O–H groups in total. The Kier molecular flexibility index (Phi) is 6.34. The van der Waals surface area contributed by atoms with Gasteiger partial charge in [0.2, 0.25) is 0 Å². The molecule has 0 saturated heterocycles. The fraction of sp³-hybridized carbons (Fsp3) is 0.500. The number of rotatable bonds is 6. The third-order valence-corrected chi connectivity index (χ3v) is 4.14. The molecule has 120 valence electrons. The normalized spacial score (nSPS) is 15.0. The summed E-state index contributed by atoms with van der Waals surface area (Å²) in [6, 6.07) is 6.64. The molecule has 22 heavy (non-hydrogen) atoms. The van der Waals surface area contributed by atoms with Crippen LogP contribution in [-0.4, -0.2) is 25.0 Å². The van der Waals surface area contributed by atoms with Gasteiger partial charge >= 0.3 is 0 Å². The molecule has 1 aromatic rings. The van der Waals surface area contributed by atoms with Crippen LogP contribution in [0.15, 0.2) is 18.2 Å². The van der Waals surface area contributed by atoms with Crippen LogP contribution < -0.4 is 10.2 Å². The Morgan fingerprint density at radius 1 is 1.55 bits per heavy atom. The summed E-state index contributed by atoms with van der Waals surface area (Å²) in [6.07, 6.45) is 0. The van der Waals surface area contributed by atoms with Gasteiger partial charge in [0.25, 0.3) is 5.91 Å². The van der Waals surface area contributed by atoms with Crippen molar-refractivity contribution in [2.75, 3.05) is 13.6 Å². The van der Waals surface area contributed by atoms with Crippen LogP contribution in [0, 0.1) is 23.1 Å². The minimum absolute atomic E-state index is 0.0113. The van der Waals surface area contributed by atoms with Gasteiger partial charge in [-0.2, -0.15) is 5.26 Å². The maximum absolute atomic E-state index is 13.7. The SMILES string of the molecule is CC(C)[C@@](C)(C#N)NC(=O)C[NH+](C)Cc1c(F)cccc1Cl. The quantitative estimate of drug-likeness (QED) is 0.833. The van der Waals surface area contributed by atoms with Gasteiger partial charge in [-0.05, 0) is 25.0 Å². The standard InChI is InChI=1S/C16H21ClFN3O/c1-11(2)16(3,10-19)20-15(22)9-21(4)8-12-13(17)6-5-7-14(12)18/h5-7,11H,8-9H2,1-4H3,(H,20,22)/p+1/t16-/m1/s1. The number of halogens is 2. The molecule has 0 bridgehead atoms. The van der Waals surface area contributed by atoms with E-state index in [1.54, 1.807) is 26.1 Å². The largest absolute Gasteiger partial charge is 0.333 e. The van der Waals surface area contributed by atoms with E-state index in [0.717, 1.165) is 4.90 Å². The molecule has 0 aromatic heterocycles. The molecule has 1 amide bonds. The van der Waals surface area contributed by atoms with Crippen LogP contribution >= 0.6 is 11.6 Å². The van der Waals surface area contributed by atoms with E-state index >= 15 is 0 Å². The van der Waals surface area contributed by atoms with Crippen molar-refractivity contribution in [1.82, 2.24) is 5.32 Å². The van der Waals surface area contributed by atoms with E-state index in [9.17, 15) is 14.4 Å². The summed E-state index contributed by atoms with van der Waals surface area (Å²) >= 11 is 5.98. The summed E-state index contributed by atoms with van der Waals surface area (Å²) in [7, 11) is 1.78. The Morgan fingerprint density at radius 2 is 2.18 bits per heavy atom. The first-order chi connectivity index (χ1) is 10.2. The van der Waals surface area contributed by atoms with Gasteiger partial charge < -0.3 is 10.2 Å². The van der Waals surface area contributed by atoms with Gasteiger partial charge in [0.15, 0.2) is 6.54 Å². The minimum Gasteiger partial charge on any atom is -0.333 e. The van der Waals surface area contributed by atoms with Gasteiger partial charge in [-0.25, -0.2) is 4.39 Å². The Bertz CT molecular complexity index is 565. The first-order valence-electron chi connectivity index (χ1n) is 7.16. The third-order valence-electron chi connectivity index (χ3n) is 3.79. The predicted molar refractivity (Wildman–Crippen MR) is 83.9 cm³/mol. The molecule has 2 atom stereocenters. The van der Waals surface area contributed by atoms with E-state index in [1.165, 1.54) is 6.07 Å². The smallest absolute Gasteiger partial charge is 0.276 e. The van der Waals surface area contributed by atoms with Crippen LogP contribution in [0.25, 0.3) is 0 Å². The molecule has 0 aliphatic heterocycles. The minimum atomic E-state index is -0.910. The summed E-state index contributed by atoms with van der Waals surface area (Å²) in [6.45, 7) is 5.87. The van der Waals surface area contributed by atoms with Crippen molar-refractivity contribution in [3.05, 3.63) is 34.6 Å². The van der Waals surface area contributed by atoms with Crippen molar-refractivity contribution in [3.63, 3.8) is 0 Å². The molecular formula is C16H22ClFN3O+. The summed E-state index contributed by atoms with van der Waals surface area (Å²) in [4.78, 5) is 12.9. The zero-order chi connectivity index (χ0) is 16.9. The molecule has 0 spiro atoms.